The van der Waals surface area contributed by atoms with E-state index in [1.165, 1.54) is 0 Å². The van der Waals surface area contributed by atoms with E-state index in [9.17, 15) is 9.59 Å². The standard InChI is InChI=1S/C18H20N4O3/c1-25-13-4-5-16-14(9-13)15(10-17(23)22-16)18(24)21-8-7-20-12-3-2-6-19-11-12/h2-6,9,11,15,20H,7-8,10H2,1H3,(H,21,24)(H,22,23)/t15-/m0/s1. The second-order valence-electron chi connectivity index (χ2n) is 5.72. The molecule has 0 saturated heterocycles. The molecule has 1 aliphatic heterocycles. The van der Waals surface area contributed by atoms with Crippen molar-refractivity contribution in [1.82, 2.24) is 10.3 Å². The van der Waals surface area contributed by atoms with E-state index in [4.69, 9.17) is 4.74 Å². The fourth-order valence-corrected chi connectivity index (χ4v) is 2.78. The van der Waals surface area contributed by atoms with E-state index in [1.54, 1.807) is 37.7 Å². The molecule has 0 saturated carbocycles. The quantitative estimate of drug-likeness (QED) is 0.697. The van der Waals surface area contributed by atoms with Crippen molar-refractivity contribution in [3.8, 4) is 5.75 Å². The number of hydrogen-bond donors (Lipinski definition) is 3. The Morgan fingerprint density at radius 3 is 3.00 bits per heavy atom. The predicted molar refractivity (Wildman–Crippen MR) is 94.7 cm³/mol. The summed E-state index contributed by atoms with van der Waals surface area (Å²) >= 11 is 0. The van der Waals surface area contributed by atoms with E-state index < -0.39 is 5.92 Å². The third-order valence-corrected chi connectivity index (χ3v) is 4.03. The number of pyridine rings is 1. The first-order valence-corrected chi connectivity index (χ1v) is 8.07. The lowest BCUT2D eigenvalue weighted by molar-refractivity contribution is -0.126. The lowest BCUT2D eigenvalue weighted by Crippen LogP contribution is -2.37. The van der Waals surface area contributed by atoms with Crippen LogP contribution >= 0.6 is 0 Å². The molecule has 2 amide bonds. The molecular formula is C18H20N4O3. The van der Waals surface area contributed by atoms with Crippen LogP contribution in [-0.2, 0) is 9.59 Å². The number of hydrogen-bond acceptors (Lipinski definition) is 5. The highest BCUT2D eigenvalue weighted by Gasteiger charge is 2.30. The van der Waals surface area contributed by atoms with E-state index in [1.807, 2.05) is 12.1 Å². The van der Waals surface area contributed by atoms with Crippen LogP contribution in [0.2, 0.25) is 0 Å². The molecule has 0 unspecified atom stereocenters. The number of carbonyl (C=O) groups is 2. The van der Waals surface area contributed by atoms with Gasteiger partial charge in [0.2, 0.25) is 11.8 Å². The summed E-state index contributed by atoms with van der Waals surface area (Å²) in [5, 5.41) is 8.84. The summed E-state index contributed by atoms with van der Waals surface area (Å²) in [6, 6.07) is 9.06. The summed E-state index contributed by atoms with van der Waals surface area (Å²) in [6.45, 7) is 1.02. The molecule has 130 valence electrons. The molecule has 3 rings (SSSR count). The molecule has 7 heteroatoms. The number of nitrogens with zero attached hydrogens (tertiary/aromatic N) is 1. The third kappa shape index (κ3) is 4.06. The highest BCUT2D eigenvalue weighted by Crippen LogP contribution is 2.34. The van der Waals surface area contributed by atoms with Crippen molar-refractivity contribution in [2.75, 3.05) is 30.8 Å². The summed E-state index contributed by atoms with van der Waals surface area (Å²) in [6.07, 6.45) is 3.55. The van der Waals surface area contributed by atoms with Crippen LogP contribution in [0.1, 0.15) is 17.9 Å². The summed E-state index contributed by atoms with van der Waals surface area (Å²) in [4.78, 5) is 28.4. The summed E-state index contributed by atoms with van der Waals surface area (Å²) in [5.41, 5.74) is 2.33. The average molecular weight is 340 g/mol. The van der Waals surface area contributed by atoms with Gasteiger partial charge < -0.3 is 20.7 Å². The lowest BCUT2D eigenvalue weighted by Gasteiger charge is -2.25. The van der Waals surface area contributed by atoms with Crippen molar-refractivity contribution >= 4 is 23.2 Å². The molecule has 25 heavy (non-hydrogen) atoms. The van der Waals surface area contributed by atoms with Crippen LogP contribution in [0.25, 0.3) is 0 Å². The van der Waals surface area contributed by atoms with Gasteiger partial charge in [0, 0.05) is 37.6 Å². The Morgan fingerprint density at radius 1 is 1.36 bits per heavy atom. The second-order valence-corrected chi connectivity index (χ2v) is 5.72. The number of aromatic nitrogens is 1. The highest BCUT2D eigenvalue weighted by atomic mass is 16.5. The van der Waals surface area contributed by atoms with Gasteiger partial charge in [-0.3, -0.25) is 14.6 Å². The van der Waals surface area contributed by atoms with Gasteiger partial charge in [-0.05, 0) is 35.9 Å². The largest absolute Gasteiger partial charge is 0.497 e. The number of methoxy groups -OCH3 is 1. The minimum Gasteiger partial charge on any atom is -0.497 e. The van der Waals surface area contributed by atoms with Crippen molar-refractivity contribution in [2.45, 2.75) is 12.3 Å². The van der Waals surface area contributed by atoms with Crippen LogP contribution < -0.4 is 20.7 Å². The van der Waals surface area contributed by atoms with E-state index in [0.717, 1.165) is 11.3 Å². The maximum absolute atomic E-state index is 12.5. The normalized spacial score (nSPS) is 15.7. The van der Waals surface area contributed by atoms with Crippen LogP contribution in [-0.4, -0.2) is 37.0 Å². The minimum atomic E-state index is -0.516. The second kappa shape index (κ2) is 7.65. The Morgan fingerprint density at radius 2 is 2.24 bits per heavy atom. The van der Waals surface area contributed by atoms with Crippen LogP contribution in [0.5, 0.6) is 5.75 Å². The topological polar surface area (TPSA) is 92.3 Å². The zero-order valence-corrected chi connectivity index (χ0v) is 13.9. The number of amides is 2. The average Bonchev–Trinajstić information content (AvgIpc) is 2.65. The number of ether oxygens (including phenoxy) is 1. The van der Waals surface area contributed by atoms with Crippen LogP contribution in [0.4, 0.5) is 11.4 Å². The predicted octanol–water partition coefficient (Wildman–Crippen LogP) is 1.74. The molecule has 3 N–H and O–H groups in total. The Labute approximate surface area is 145 Å². The fourth-order valence-electron chi connectivity index (χ4n) is 2.78. The summed E-state index contributed by atoms with van der Waals surface area (Å²) in [5.74, 6) is -0.188. The van der Waals surface area contributed by atoms with Gasteiger partial charge in [-0.1, -0.05) is 0 Å². The number of anilines is 2. The molecule has 2 aromatic rings. The molecule has 1 atom stereocenters. The van der Waals surface area contributed by atoms with Crippen molar-refractivity contribution in [2.24, 2.45) is 0 Å². The van der Waals surface area contributed by atoms with Gasteiger partial charge in [-0.2, -0.15) is 0 Å². The van der Waals surface area contributed by atoms with Crippen molar-refractivity contribution in [1.29, 1.82) is 0 Å². The molecule has 0 fully saturated rings. The third-order valence-electron chi connectivity index (χ3n) is 4.03. The zero-order valence-electron chi connectivity index (χ0n) is 13.9. The fraction of sp³-hybridized carbons (Fsp3) is 0.278. The molecule has 0 bridgehead atoms. The highest BCUT2D eigenvalue weighted by molar-refractivity contribution is 6.01. The van der Waals surface area contributed by atoms with E-state index >= 15 is 0 Å². The number of carbonyl (C=O) groups excluding carboxylic acids is 2. The smallest absolute Gasteiger partial charge is 0.228 e. The first kappa shape index (κ1) is 16.8. The maximum Gasteiger partial charge on any atom is 0.228 e. The Kier molecular flexibility index (Phi) is 5.13. The van der Waals surface area contributed by atoms with E-state index in [2.05, 4.69) is 20.9 Å². The molecule has 2 heterocycles. The molecular weight excluding hydrogens is 320 g/mol. The Hall–Kier alpha value is -3.09. The Bertz CT molecular complexity index is 764. The van der Waals surface area contributed by atoms with E-state index in [-0.39, 0.29) is 18.2 Å². The molecule has 1 aliphatic rings. The molecule has 0 radical (unpaired) electrons. The number of nitrogens with one attached hydrogen (secondary N) is 3. The van der Waals surface area contributed by atoms with Crippen LogP contribution in [0.3, 0.4) is 0 Å². The number of benzene rings is 1. The summed E-state index contributed by atoms with van der Waals surface area (Å²) in [7, 11) is 1.57. The van der Waals surface area contributed by atoms with Gasteiger partial charge in [-0.25, -0.2) is 0 Å². The van der Waals surface area contributed by atoms with Crippen molar-refractivity contribution < 1.29 is 14.3 Å². The maximum atomic E-state index is 12.5. The van der Waals surface area contributed by atoms with Crippen LogP contribution in [0, 0.1) is 0 Å². The van der Waals surface area contributed by atoms with Gasteiger partial charge in [-0.15, -0.1) is 0 Å². The van der Waals surface area contributed by atoms with Crippen molar-refractivity contribution in [3.05, 3.63) is 48.3 Å². The zero-order chi connectivity index (χ0) is 17.6. The first-order valence-electron chi connectivity index (χ1n) is 8.07. The van der Waals surface area contributed by atoms with Gasteiger partial charge in [0.25, 0.3) is 0 Å². The molecule has 7 nitrogen and oxygen atoms in total. The van der Waals surface area contributed by atoms with E-state index in [0.29, 0.717) is 24.5 Å². The Balaban J connectivity index is 1.61. The van der Waals surface area contributed by atoms with Crippen LogP contribution in [0.15, 0.2) is 42.7 Å². The van der Waals surface area contributed by atoms with Gasteiger partial charge in [0.05, 0.1) is 18.7 Å². The van der Waals surface area contributed by atoms with Gasteiger partial charge in [0.1, 0.15) is 5.75 Å². The molecule has 1 aromatic heterocycles. The first-order chi connectivity index (χ1) is 12.2. The SMILES string of the molecule is COc1ccc2c(c1)[C@@H](C(=O)NCCNc1cccnc1)CC(=O)N2. The number of fused-ring (bicyclic) bond motifs is 1. The van der Waals surface area contributed by atoms with Gasteiger partial charge >= 0.3 is 0 Å². The lowest BCUT2D eigenvalue weighted by atomic mass is 9.89. The molecule has 0 aliphatic carbocycles. The molecule has 1 aromatic carbocycles. The minimum absolute atomic E-state index is 0.127. The monoisotopic (exact) mass is 340 g/mol. The van der Waals surface area contributed by atoms with Gasteiger partial charge in [0.15, 0.2) is 0 Å². The molecule has 0 spiro atoms. The number of rotatable bonds is 6. The van der Waals surface area contributed by atoms with Crippen molar-refractivity contribution in [3.63, 3.8) is 0 Å². The summed E-state index contributed by atoms with van der Waals surface area (Å²) < 4.78 is 5.22.